The number of nitrogens with zero attached hydrogens (tertiary/aromatic N) is 3. The molecule has 1 aliphatic rings. The summed E-state index contributed by atoms with van der Waals surface area (Å²) in [5, 5.41) is 8.08. The summed E-state index contributed by atoms with van der Waals surface area (Å²) in [6.45, 7) is 5.21. The zero-order valence-electron chi connectivity index (χ0n) is 12.9. The summed E-state index contributed by atoms with van der Waals surface area (Å²) >= 11 is 0. The molecule has 0 bridgehead atoms. The van der Waals surface area contributed by atoms with Crippen LogP contribution in [0.1, 0.15) is 51.1 Å². The molecule has 3 rings (SSSR count). The molecule has 5 nitrogen and oxygen atoms in total. The summed E-state index contributed by atoms with van der Waals surface area (Å²) < 4.78 is 1.91. The van der Waals surface area contributed by atoms with Gasteiger partial charge in [0.15, 0.2) is 5.82 Å². The topological polar surface area (TPSA) is 68.2 Å². The van der Waals surface area contributed by atoms with Gasteiger partial charge in [0.1, 0.15) is 5.52 Å². The van der Waals surface area contributed by atoms with Gasteiger partial charge < -0.3 is 11.1 Å². The van der Waals surface area contributed by atoms with E-state index >= 15 is 0 Å². The third kappa shape index (κ3) is 3.02. The number of hydrogen-bond donors (Lipinski definition) is 2. The Hall–Kier alpha value is -1.62. The SMILES string of the molecule is CC(C)c1cc2c(NCC3CCCCC3N)nccn2n1. The normalized spacial score (nSPS) is 22.9. The standard InChI is InChI=1S/C16H25N5/c1-11(2)14-9-15-16(18-7-8-21(15)20-14)19-10-12-5-3-4-6-13(12)17/h7-9,11-13H,3-6,10,17H2,1-2H3,(H,18,19). The average Bonchev–Trinajstić information content (AvgIpc) is 2.91. The Kier molecular flexibility index (Phi) is 4.10. The zero-order chi connectivity index (χ0) is 14.8. The fourth-order valence-corrected chi connectivity index (χ4v) is 3.08. The van der Waals surface area contributed by atoms with Crippen molar-refractivity contribution in [1.29, 1.82) is 0 Å². The molecule has 0 aromatic carbocycles. The van der Waals surface area contributed by atoms with Gasteiger partial charge in [-0.25, -0.2) is 9.50 Å². The van der Waals surface area contributed by atoms with E-state index < -0.39 is 0 Å². The molecule has 2 atom stereocenters. The summed E-state index contributed by atoms with van der Waals surface area (Å²) in [4.78, 5) is 4.48. The monoisotopic (exact) mass is 287 g/mol. The minimum atomic E-state index is 0.321. The molecule has 21 heavy (non-hydrogen) atoms. The largest absolute Gasteiger partial charge is 0.368 e. The zero-order valence-corrected chi connectivity index (χ0v) is 12.9. The summed E-state index contributed by atoms with van der Waals surface area (Å²) in [6, 6.07) is 2.45. The minimum absolute atomic E-state index is 0.321. The number of rotatable bonds is 4. The summed E-state index contributed by atoms with van der Waals surface area (Å²) in [5.74, 6) is 1.88. The second kappa shape index (κ2) is 6.02. The first kappa shape index (κ1) is 14.3. The van der Waals surface area contributed by atoms with Crippen LogP contribution in [0.15, 0.2) is 18.5 Å². The Morgan fingerprint density at radius 1 is 1.38 bits per heavy atom. The van der Waals surface area contributed by atoms with E-state index in [4.69, 9.17) is 5.73 Å². The molecule has 1 fully saturated rings. The highest BCUT2D eigenvalue weighted by atomic mass is 15.2. The molecule has 0 spiro atoms. The van der Waals surface area contributed by atoms with Crippen molar-refractivity contribution in [2.24, 2.45) is 11.7 Å². The maximum Gasteiger partial charge on any atom is 0.152 e. The highest BCUT2D eigenvalue weighted by Crippen LogP contribution is 2.24. The van der Waals surface area contributed by atoms with E-state index in [0.29, 0.717) is 17.9 Å². The van der Waals surface area contributed by atoms with Crippen LogP contribution in [0.25, 0.3) is 5.52 Å². The summed E-state index contributed by atoms with van der Waals surface area (Å²) in [5.41, 5.74) is 8.37. The predicted octanol–water partition coefficient (Wildman–Crippen LogP) is 2.78. The van der Waals surface area contributed by atoms with Crippen molar-refractivity contribution in [3.05, 3.63) is 24.2 Å². The van der Waals surface area contributed by atoms with Gasteiger partial charge >= 0.3 is 0 Å². The Morgan fingerprint density at radius 2 is 2.19 bits per heavy atom. The van der Waals surface area contributed by atoms with Gasteiger partial charge in [-0.15, -0.1) is 0 Å². The summed E-state index contributed by atoms with van der Waals surface area (Å²) in [7, 11) is 0. The van der Waals surface area contributed by atoms with Crippen molar-refractivity contribution in [1.82, 2.24) is 14.6 Å². The second-order valence-electron chi connectivity index (χ2n) is 6.42. The van der Waals surface area contributed by atoms with Gasteiger partial charge in [0.05, 0.1) is 5.69 Å². The molecule has 2 aromatic heterocycles. The van der Waals surface area contributed by atoms with E-state index in [0.717, 1.165) is 30.0 Å². The molecule has 1 saturated carbocycles. The Bertz CT molecular complexity index is 604. The molecule has 0 amide bonds. The van der Waals surface area contributed by atoms with Crippen molar-refractivity contribution in [2.45, 2.75) is 51.5 Å². The van der Waals surface area contributed by atoms with Gasteiger partial charge in [-0.2, -0.15) is 5.10 Å². The van der Waals surface area contributed by atoms with E-state index in [2.05, 4.69) is 35.3 Å². The van der Waals surface area contributed by atoms with Crippen molar-refractivity contribution in [3.8, 4) is 0 Å². The van der Waals surface area contributed by atoms with Crippen LogP contribution in [-0.2, 0) is 0 Å². The third-order valence-electron chi connectivity index (χ3n) is 4.50. The van der Waals surface area contributed by atoms with Gasteiger partial charge in [0.2, 0.25) is 0 Å². The molecular formula is C16H25N5. The van der Waals surface area contributed by atoms with Gasteiger partial charge in [-0.1, -0.05) is 26.7 Å². The number of hydrogen-bond acceptors (Lipinski definition) is 4. The summed E-state index contributed by atoms with van der Waals surface area (Å²) in [6.07, 6.45) is 8.63. The van der Waals surface area contributed by atoms with Crippen LogP contribution in [0.2, 0.25) is 0 Å². The van der Waals surface area contributed by atoms with Crippen LogP contribution < -0.4 is 11.1 Å². The lowest BCUT2D eigenvalue weighted by molar-refractivity contribution is 0.321. The average molecular weight is 287 g/mol. The van der Waals surface area contributed by atoms with Crippen LogP contribution in [0.3, 0.4) is 0 Å². The first-order chi connectivity index (χ1) is 10.1. The Balaban J connectivity index is 1.77. The molecule has 1 aliphatic carbocycles. The molecule has 3 N–H and O–H groups in total. The molecular weight excluding hydrogens is 262 g/mol. The smallest absolute Gasteiger partial charge is 0.152 e. The van der Waals surface area contributed by atoms with Crippen molar-refractivity contribution < 1.29 is 0 Å². The molecule has 0 aliphatic heterocycles. The molecule has 5 heteroatoms. The fraction of sp³-hybridized carbons (Fsp3) is 0.625. The maximum atomic E-state index is 6.22. The van der Waals surface area contributed by atoms with E-state index in [9.17, 15) is 0 Å². The predicted molar refractivity (Wildman–Crippen MR) is 85.5 cm³/mol. The minimum Gasteiger partial charge on any atom is -0.368 e. The van der Waals surface area contributed by atoms with E-state index in [-0.39, 0.29) is 0 Å². The van der Waals surface area contributed by atoms with Gasteiger partial charge in [-0.05, 0) is 30.7 Å². The molecule has 0 radical (unpaired) electrons. The van der Waals surface area contributed by atoms with Crippen molar-refractivity contribution in [3.63, 3.8) is 0 Å². The van der Waals surface area contributed by atoms with Crippen LogP contribution in [-0.4, -0.2) is 27.2 Å². The van der Waals surface area contributed by atoms with Crippen LogP contribution in [0.4, 0.5) is 5.82 Å². The van der Waals surface area contributed by atoms with E-state index in [1.807, 2.05) is 10.7 Å². The Morgan fingerprint density at radius 3 is 2.95 bits per heavy atom. The highest BCUT2D eigenvalue weighted by Gasteiger charge is 2.21. The number of fused-ring (bicyclic) bond motifs is 1. The third-order valence-corrected chi connectivity index (χ3v) is 4.50. The van der Waals surface area contributed by atoms with Gasteiger partial charge in [0.25, 0.3) is 0 Å². The molecule has 2 aromatic rings. The van der Waals surface area contributed by atoms with Crippen molar-refractivity contribution in [2.75, 3.05) is 11.9 Å². The van der Waals surface area contributed by atoms with Crippen molar-refractivity contribution >= 4 is 11.3 Å². The highest BCUT2D eigenvalue weighted by molar-refractivity contribution is 5.67. The molecule has 114 valence electrons. The fourth-order valence-electron chi connectivity index (χ4n) is 3.08. The molecule has 2 unspecified atom stereocenters. The van der Waals surface area contributed by atoms with Gasteiger partial charge in [-0.3, -0.25) is 0 Å². The van der Waals surface area contributed by atoms with Crippen LogP contribution in [0, 0.1) is 5.92 Å². The lowest BCUT2D eigenvalue weighted by atomic mass is 9.85. The Labute approximate surface area is 125 Å². The lowest BCUT2D eigenvalue weighted by Gasteiger charge is -2.28. The lowest BCUT2D eigenvalue weighted by Crippen LogP contribution is -2.37. The van der Waals surface area contributed by atoms with E-state index in [1.54, 1.807) is 6.20 Å². The molecule has 0 saturated heterocycles. The maximum absolute atomic E-state index is 6.22. The number of aromatic nitrogens is 3. The number of anilines is 1. The first-order valence-electron chi connectivity index (χ1n) is 7.99. The first-order valence-corrected chi connectivity index (χ1v) is 7.99. The van der Waals surface area contributed by atoms with Crippen LogP contribution >= 0.6 is 0 Å². The van der Waals surface area contributed by atoms with Gasteiger partial charge in [0, 0.05) is 25.0 Å². The van der Waals surface area contributed by atoms with Crippen LogP contribution in [0.5, 0.6) is 0 Å². The van der Waals surface area contributed by atoms with E-state index in [1.165, 1.54) is 19.3 Å². The molecule has 2 heterocycles. The number of nitrogens with two attached hydrogens (primary N) is 1. The number of nitrogens with one attached hydrogen (secondary N) is 1. The second-order valence-corrected chi connectivity index (χ2v) is 6.42. The quantitative estimate of drug-likeness (QED) is 0.907.